The van der Waals surface area contributed by atoms with Crippen LogP contribution in [0.5, 0.6) is 0 Å². The quantitative estimate of drug-likeness (QED) is 0.905. The van der Waals surface area contributed by atoms with Gasteiger partial charge in [-0.3, -0.25) is 4.79 Å². The highest BCUT2D eigenvalue weighted by Gasteiger charge is 2.43. The van der Waals surface area contributed by atoms with Gasteiger partial charge >= 0.3 is 0 Å². The second-order valence-electron chi connectivity index (χ2n) is 5.38. The first-order chi connectivity index (χ1) is 8.67. The minimum absolute atomic E-state index is 0.261. The van der Waals surface area contributed by atoms with Gasteiger partial charge in [0, 0.05) is 17.8 Å². The molecular weight excluding hydrogens is 312 g/mol. The summed E-state index contributed by atoms with van der Waals surface area (Å²) < 4.78 is 1.14. The minimum atomic E-state index is 0.261. The molecule has 2 aliphatic rings. The monoisotopic (exact) mass is 328 g/mol. The van der Waals surface area contributed by atoms with Crippen LogP contribution in [0.25, 0.3) is 0 Å². The fraction of sp³-hybridized carbons (Fsp3) is 0.615. The lowest BCUT2D eigenvalue weighted by atomic mass is 9.78. The fourth-order valence-electron chi connectivity index (χ4n) is 3.04. The van der Waals surface area contributed by atoms with E-state index < -0.39 is 0 Å². The number of carbonyl (C=O) groups is 1. The van der Waals surface area contributed by atoms with E-state index in [4.69, 9.17) is 0 Å². The Hall–Kier alpha value is -0.390. The molecule has 98 valence electrons. The molecule has 0 radical (unpaired) electrons. The predicted octanol–water partition coefficient (Wildman–Crippen LogP) is 2.61. The van der Waals surface area contributed by atoms with Gasteiger partial charge in [0.1, 0.15) is 0 Å². The maximum atomic E-state index is 12.2. The lowest BCUT2D eigenvalue weighted by molar-refractivity contribution is -0.128. The van der Waals surface area contributed by atoms with E-state index in [2.05, 4.69) is 33.4 Å². The normalized spacial score (nSPS) is 22.9. The summed E-state index contributed by atoms with van der Waals surface area (Å²) in [5, 5.41) is 3.38. The Labute approximate surface area is 120 Å². The predicted molar refractivity (Wildman–Crippen MR) is 76.6 cm³/mol. The van der Waals surface area contributed by atoms with Gasteiger partial charge in [0.05, 0.1) is 10.3 Å². The van der Waals surface area contributed by atoms with Crippen LogP contribution in [-0.2, 0) is 11.3 Å². The Kier molecular flexibility index (Phi) is 3.47. The molecule has 18 heavy (non-hydrogen) atoms. The number of halogens is 1. The summed E-state index contributed by atoms with van der Waals surface area (Å²) in [5.74, 6) is 0.335. The molecule has 1 spiro atoms. The molecule has 0 aliphatic carbocycles. The standard InChI is InChI=1S/C13H17BrN2OS/c14-11-2-1-10(18-11)8-16-9-13(7-12(16)17)3-5-15-6-4-13/h1-2,15H,3-9H2. The molecule has 3 rings (SSSR count). The number of likely N-dealkylation sites (tertiary alicyclic amines) is 1. The Balaban J connectivity index is 1.68. The largest absolute Gasteiger partial charge is 0.337 e. The summed E-state index contributed by atoms with van der Waals surface area (Å²) in [6.45, 7) is 3.85. The summed E-state index contributed by atoms with van der Waals surface area (Å²) >= 11 is 5.20. The van der Waals surface area contributed by atoms with Crippen LogP contribution in [0.15, 0.2) is 15.9 Å². The highest BCUT2D eigenvalue weighted by Crippen LogP contribution is 2.40. The van der Waals surface area contributed by atoms with Crippen molar-refractivity contribution < 1.29 is 4.79 Å². The van der Waals surface area contributed by atoms with Crippen LogP contribution in [0.4, 0.5) is 0 Å². The number of nitrogens with one attached hydrogen (secondary N) is 1. The van der Waals surface area contributed by atoms with Crippen molar-refractivity contribution >= 4 is 33.2 Å². The van der Waals surface area contributed by atoms with Gasteiger partial charge < -0.3 is 10.2 Å². The third-order valence-corrected chi connectivity index (χ3v) is 5.65. The third kappa shape index (κ3) is 2.49. The van der Waals surface area contributed by atoms with Crippen LogP contribution < -0.4 is 5.32 Å². The fourth-order valence-corrected chi connectivity index (χ4v) is 4.54. The van der Waals surface area contributed by atoms with Crippen LogP contribution in [0, 0.1) is 5.41 Å². The summed E-state index contributed by atoms with van der Waals surface area (Å²) in [5.41, 5.74) is 0.261. The highest BCUT2D eigenvalue weighted by atomic mass is 79.9. The number of carbonyl (C=O) groups excluding carboxylic acids is 1. The average molecular weight is 329 g/mol. The Morgan fingerprint density at radius 1 is 1.39 bits per heavy atom. The van der Waals surface area contributed by atoms with Gasteiger partial charge in [0.25, 0.3) is 0 Å². The van der Waals surface area contributed by atoms with Crippen molar-refractivity contribution in [3.8, 4) is 0 Å². The van der Waals surface area contributed by atoms with Crippen LogP contribution in [0.2, 0.25) is 0 Å². The molecule has 0 atom stereocenters. The number of nitrogens with zero attached hydrogens (tertiary/aromatic N) is 1. The van der Waals surface area contributed by atoms with E-state index in [0.717, 1.165) is 49.2 Å². The molecule has 2 aliphatic heterocycles. The lowest BCUT2D eigenvalue weighted by Gasteiger charge is -2.33. The van der Waals surface area contributed by atoms with Crippen molar-refractivity contribution in [2.45, 2.75) is 25.8 Å². The van der Waals surface area contributed by atoms with Crippen molar-refractivity contribution in [3.63, 3.8) is 0 Å². The van der Waals surface area contributed by atoms with Gasteiger partial charge in [-0.25, -0.2) is 0 Å². The number of rotatable bonds is 2. The number of amides is 1. The molecule has 2 saturated heterocycles. The molecule has 1 aromatic rings. The zero-order chi connectivity index (χ0) is 12.6. The SMILES string of the molecule is O=C1CC2(CCNCC2)CN1Cc1ccc(Br)s1. The summed E-state index contributed by atoms with van der Waals surface area (Å²) in [4.78, 5) is 15.5. The van der Waals surface area contributed by atoms with Crippen LogP contribution in [0.3, 0.4) is 0 Å². The lowest BCUT2D eigenvalue weighted by Crippen LogP contribution is -2.38. The molecule has 3 nitrogen and oxygen atoms in total. The maximum absolute atomic E-state index is 12.2. The zero-order valence-corrected chi connectivity index (χ0v) is 12.6. The van der Waals surface area contributed by atoms with Crippen molar-refractivity contribution in [2.24, 2.45) is 5.41 Å². The van der Waals surface area contributed by atoms with Gasteiger partial charge in [-0.05, 0) is 59.4 Å². The van der Waals surface area contributed by atoms with Crippen molar-refractivity contribution in [1.82, 2.24) is 10.2 Å². The minimum Gasteiger partial charge on any atom is -0.337 e. The number of thiophene rings is 1. The van der Waals surface area contributed by atoms with Crippen molar-refractivity contribution in [1.29, 1.82) is 0 Å². The van der Waals surface area contributed by atoms with Crippen LogP contribution in [-0.4, -0.2) is 30.4 Å². The second kappa shape index (κ2) is 4.94. The van der Waals surface area contributed by atoms with E-state index in [0.29, 0.717) is 5.91 Å². The molecule has 1 aromatic heterocycles. The molecule has 5 heteroatoms. The molecule has 3 heterocycles. The van der Waals surface area contributed by atoms with Crippen molar-refractivity contribution in [2.75, 3.05) is 19.6 Å². The van der Waals surface area contributed by atoms with E-state index in [1.54, 1.807) is 11.3 Å². The first-order valence-electron chi connectivity index (χ1n) is 6.40. The van der Waals surface area contributed by atoms with Gasteiger partial charge in [-0.15, -0.1) is 11.3 Å². The molecule has 1 amide bonds. The highest BCUT2D eigenvalue weighted by molar-refractivity contribution is 9.11. The Morgan fingerprint density at radius 2 is 2.17 bits per heavy atom. The first-order valence-corrected chi connectivity index (χ1v) is 8.01. The molecule has 0 bridgehead atoms. The van der Waals surface area contributed by atoms with Gasteiger partial charge in [0.2, 0.25) is 5.91 Å². The van der Waals surface area contributed by atoms with Crippen LogP contribution >= 0.6 is 27.3 Å². The smallest absolute Gasteiger partial charge is 0.223 e. The van der Waals surface area contributed by atoms with Crippen LogP contribution in [0.1, 0.15) is 24.1 Å². The van der Waals surface area contributed by atoms with Crippen molar-refractivity contribution in [3.05, 3.63) is 20.8 Å². The number of hydrogen-bond acceptors (Lipinski definition) is 3. The molecule has 0 unspecified atom stereocenters. The Morgan fingerprint density at radius 3 is 2.83 bits per heavy atom. The topological polar surface area (TPSA) is 32.3 Å². The summed E-state index contributed by atoms with van der Waals surface area (Å²) in [7, 11) is 0. The third-order valence-electron chi connectivity index (χ3n) is 4.04. The van der Waals surface area contributed by atoms with E-state index >= 15 is 0 Å². The molecule has 2 fully saturated rings. The first kappa shape index (κ1) is 12.6. The molecule has 1 N–H and O–H groups in total. The molecule has 0 aromatic carbocycles. The number of piperidine rings is 1. The van der Waals surface area contributed by atoms with E-state index in [9.17, 15) is 4.79 Å². The summed E-state index contributed by atoms with van der Waals surface area (Å²) in [6, 6.07) is 4.16. The van der Waals surface area contributed by atoms with E-state index in [1.165, 1.54) is 4.88 Å². The maximum Gasteiger partial charge on any atom is 0.223 e. The zero-order valence-electron chi connectivity index (χ0n) is 10.2. The molecular formula is C13H17BrN2OS. The average Bonchev–Trinajstić information content (AvgIpc) is 2.86. The number of hydrogen-bond donors (Lipinski definition) is 1. The van der Waals surface area contributed by atoms with E-state index in [1.807, 2.05) is 4.90 Å². The molecule has 0 saturated carbocycles. The van der Waals surface area contributed by atoms with Gasteiger partial charge in [-0.1, -0.05) is 0 Å². The Bertz CT molecular complexity index is 454. The van der Waals surface area contributed by atoms with Gasteiger partial charge in [-0.2, -0.15) is 0 Å². The second-order valence-corrected chi connectivity index (χ2v) is 7.93. The van der Waals surface area contributed by atoms with Gasteiger partial charge in [0.15, 0.2) is 0 Å². The van der Waals surface area contributed by atoms with E-state index in [-0.39, 0.29) is 5.41 Å². The summed E-state index contributed by atoms with van der Waals surface area (Å²) in [6.07, 6.45) is 3.04.